The maximum absolute atomic E-state index is 11.6. The smallest absolute Gasteiger partial charge is 0.230 e. The van der Waals surface area contributed by atoms with E-state index in [1.54, 1.807) is 7.11 Å². The molecule has 1 heterocycles. The van der Waals surface area contributed by atoms with Gasteiger partial charge in [0.1, 0.15) is 5.75 Å². The number of hydrogen-bond donors (Lipinski definition) is 0. The van der Waals surface area contributed by atoms with E-state index in [1.807, 2.05) is 18.2 Å². The normalized spacial score (nSPS) is 15.3. The van der Waals surface area contributed by atoms with E-state index in [4.69, 9.17) is 4.74 Å². The SMILES string of the molecule is CCc1ccc(OC)c(CN2C(=O)CCC2=O)c1. The second-order valence-corrected chi connectivity index (χ2v) is 4.37. The molecule has 0 bridgehead atoms. The lowest BCUT2D eigenvalue weighted by molar-refractivity contribution is -0.139. The number of methoxy groups -OCH3 is 1. The first kappa shape index (κ1) is 12.6. The molecule has 2 amide bonds. The van der Waals surface area contributed by atoms with Crippen molar-refractivity contribution in [1.29, 1.82) is 0 Å². The molecule has 1 aliphatic rings. The molecule has 0 atom stereocenters. The summed E-state index contributed by atoms with van der Waals surface area (Å²) in [7, 11) is 1.60. The number of aryl methyl sites for hydroxylation is 1. The van der Waals surface area contributed by atoms with E-state index < -0.39 is 0 Å². The van der Waals surface area contributed by atoms with Gasteiger partial charge in [-0.2, -0.15) is 0 Å². The molecule has 0 N–H and O–H groups in total. The number of likely N-dealkylation sites (tertiary alicyclic amines) is 1. The number of carbonyl (C=O) groups is 2. The first-order valence-electron chi connectivity index (χ1n) is 6.14. The minimum absolute atomic E-state index is 0.0936. The second kappa shape index (κ2) is 5.21. The zero-order chi connectivity index (χ0) is 13.1. The van der Waals surface area contributed by atoms with Crippen molar-refractivity contribution in [2.75, 3.05) is 7.11 Å². The van der Waals surface area contributed by atoms with Gasteiger partial charge in [-0.05, 0) is 18.1 Å². The molecule has 0 spiro atoms. The molecular weight excluding hydrogens is 230 g/mol. The molecule has 96 valence electrons. The zero-order valence-electron chi connectivity index (χ0n) is 10.7. The summed E-state index contributed by atoms with van der Waals surface area (Å²) in [5.74, 6) is 0.535. The summed E-state index contributed by atoms with van der Waals surface area (Å²) in [4.78, 5) is 24.5. The predicted molar refractivity (Wildman–Crippen MR) is 67.2 cm³/mol. The molecule has 1 fully saturated rings. The molecule has 1 saturated heterocycles. The Bertz CT molecular complexity index is 466. The molecular formula is C14H17NO3. The predicted octanol–water partition coefficient (Wildman–Crippen LogP) is 1.91. The number of hydrogen-bond acceptors (Lipinski definition) is 3. The third-order valence-corrected chi connectivity index (χ3v) is 3.24. The van der Waals surface area contributed by atoms with Gasteiger partial charge < -0.3 is 4.74 Å². The van der Waals surface area contributed by atoms with Gasteiger partial charge in [-0.1, -0.05) is 19.1 Å². The minimum atomic E-state index is -0.0936. The average molecular weight is 247 g/mol. The lowest BCUT2D eigenvalue weighted by Crippen LogP contribution is -2.28. The van der Waals surface area contributed by atoms with Gasteiger partial charge in [0.15, 0.2) is 0 Å². The molecule has 0 radical (unpaired) electrons. The Morgan fingerprint density at radius 2 is 1.89 bits per heavy atom. The highest BCUT2D eigenvalue weighted by atomic mass is 16.5. The van der Waals surface area contributed by atoms with Crippen LogP contribution in [0.4, 0.5) is 0 Å². The topological polar surface area (TPSA) is 46.6 Å². The first-order valence-corrected chi connectivity index (χ1v) is 6.14. The van der Waals surface area contributed by atoms with E-state index in [1.165, 1.54) is 10.5 Å². The molecule has 0 unspecified atom stereocenters. The van der Waals surface area contributed by atoms with Crippen LogP contribution in [-0.2, 0) is 22.6 Å². The van der Waals surface area contributed by atoms with Crippen LogP contribution in [0.1, 0.15) is 30.9 Å². The van der Waals surface area contributed by atoms with Gasteiger partial charge in [-0.25, -0.2) is 0 Å². The van der Waals surface area contributed by atoms with Gasteiger partial charge in [0.05, 0.1) is 13.7 Å². The Morgan fingerprint density at radius 1 is 1.22 bits per heavy atom. The van der Waals surface area contributed by atoms with Crippen molar-refractivity contribution < 1.29 is 14.3 Å². The Labute approximate surface area is 107 Å². The van der Waals surface area contributed by atoms with Crippen LogP contribution >= 0.6 is 0 Å². The van der Waals surface area contributed by atoms with Crippen molar-refractivity contribution in [2.24, 2.45) is 0 Å². The van der Waals surface area contributed by atoms with Gasteiger partial charge in [0.25, 0.3) is 0 Å². The minimum Gasteiger partial charge on any atom is -0.496 e. The Hall–Kier alpha value is -1.84. The third-order valence-electron chi connectivity index (χ3n) is 3.24. The summed E-state index contributed by atoms with van der Waals surface area (Å²) < 4.78 is 5.28. The summed E-state index contributed by atoms with van der Waals surface area (Å²) in [6.45, 7) is 2.38. The molecule has 1 aromatic rings. The lowest BCUT2D eigenvalue weighted by atomic mass is 10.1. The molecule has 0 aliphatic carbocycles. The summed E-state index contributed by atoms with van der Waals surface area (Å²) in [5, 5.41) is 0. The van der Waals surface area contributed by atoms with Gasteiger partial charge in [-0.3, -0.25) is 14.5 Å². The number of benzene rings is 1. The molecule has 1 aromatic carbocycles. The average Bonchev–Trinajstić information content (AvgIpc) is 2.70. The summed E-state index contributed by atoms with van der Waals surface area (Å²) in [5.41, 5.74) is 2.06. The van der Waals surface area contributed by atoms with Crippen molar-refractivity contribution in [3.8, 4) is 5.75 Å². The van der Waals surface area contributed by atoms with Crippen molar-refractivity contribution in [3.63, 3.8) is 0 Å². The number of carbonyl (C=O) groups excluding carboxylic acids is 2. The van der Waals surface area contributed by atoms with Crippen LogP contribution in [0, 0.1) is 0 Å². The van der Waals surface area contributed by atoms with Gasteiger partial charge >= 0.3 is 0 Å². The van der Waals surface area contributed by atoms with Gasteiger partial charge in [-0.15, -0.1) is 0 Å². The van der Waals surface area contributed by atoms with Crippen LogP contribution in [0.2, 0.25) is 0 Å². The third kappa shape index (κ3) is 2.37. The van der Waals surface area contributed by atoms with E-state index in [9.17, 15) is 9.59 Å². The van der Waals surface area contributed by atoms with Crippen molar-refractivity contribution >= 4 is 11.8 Å². The molecule has 18 heavy (non-hydrogen) atoms. The number of ether oxygens (including phenoxy) is 1. The van der Waals surface area contributed by atoms with E-state index in [0.29, 0.717) is 19.4 Å². The van der Waals surface area contributed by atoms with Crippen molar-refractivity contribution in [2.45, 2.75) is 32.7 Å². The van der Waals surface area contributed by atoms with Gasteiger partial charge in [0.2, 0.25) is 11.8 Å². The zero-order valence-corrected chi connectivity index (χ0v) is 10.7. The second-order valence-electron chi connectivity index (χ2n) is 4.37. The fourth-order valence-electron chi connectivity index (χ4n) is 2.14. The largest absolute Gasteiger partial charge is 0.496 e. The highest BCUT2D eigenvalue weighted by molar-refractivity contribution is 6.01. The van der Waals surface area contributed by atoms with Crippen LogP contribution in [-0.4, -0.2) is 23.8 Å². The van der Waals surface area contributed by atoms with E-state index in [2.05, 4.69) is 6.92 Å². The molecule has 2 rings (SSSR count). The van der Waals surface area contributed by atoms with E-state index >= 15 is 0 Å². The Morgan fingerprint density at radius 3 is 2.44 bits per heavy atom. The van der Waals surface area contributed by atoms with Crippen LogP contribution < -0.4 is 4.74 Å². The Balaban J connectivity index is 2.26. The maximum atomic E-state index is 11.6. The number of rotatable bonds is 4. The monoisotopic (exact) mass is 247 g/mol. The van der Waals surface area contributed by atoms with Crippen molar-refractivity contribution in [3.05, 3.63) is 29.3 Å². The molecule has 4 nitrogen and oxygen atoms in total. The highest BCUT2D eigenvalue weighted by Gasteiger charge is 2.29. The summed E-state index contributed by atoms with van der Waals surface area (Å²) in [6.07, 6.45) is 1.57. The van der Waals surface area contributed by atoms with E-state index in [0.717, 1.165) is 17.7 Å². The fourth-order valence-corrected chi connectivity index (χ4v) is 2.14. The molecule has 0 aromatic heterocycles. The highest BCUT2D eigenvalue weighted by Crippen LogP contribution is 2.24. The molecule has 1 aliphatic heterocycles. The molecule has 4 heteroatoms. The van der Waals surface area contributed by atoms with Crippen LogP contribution in [0.25, 0.3) is 0 Å². The number of imide groups is 1. The Kier molecular flexibility index (Phi) is 3.65. The fraction of sp³-hybridized carbons (Fsp3) is 0.429. The number of nitrogens with zero attached hydrogens (tertiary/aromatic N) is 1. The van der Waals surface area contributed by atoms with Crippen LogP contribution in [0.5, 0.6) is 5.75 Å². The van der Waals surface area contributed by atoms with Gasteiger partial charge in [0, 0.05) is 18.4 Å². The summed E-state index contributed by atoms with van der Waals surface area (Å²) >= 11 is 0. The molecule has 0 saturated carbocycles. The first-order chi connectivity index (χ1) is 8.65. The standard InChI is InChI=1S/C14H17NO3/c1-3-10-4-5-12(18-2)11(8-10)9-15-13(16)6-7-14(15)17/h4-5,8H,3,6-7,9H2,1-2H3. The maximum Gasteiger partial charge on any atom is 0.230 e. The lowest BCUT2D eigenvalue weighted by Gasteiger charge is -2.16. The van der Waals surface area contributed by atoms with E-state index in [-0.39, 0.29) is 11.8 Å². The van der Waals surface area contributed by atoms with Crippen LogP contribution in [0.3, 0.4) is 0 Å². The van der Waals surface area contributed by atoms with Crippen LogP contribution in [0.15, 0.2) is 18.2 Å². The number of amides is 2. The van der Waals surface area contributed by atoms with Crippen molar-refractivity contribution in [1.82, 2.24) is 4.90 Å². The summed E-state index contributed by atoms with van der Waals surface area (Å²) in [6, 6.07) is 5.88. The quantitative estimate of drug-likeness (QED) is 0.763.